The normalized spacial score (nSPS) is 12.7. The van der Waals surface area contributed by atoms with Gasteiger partial charge in [0.05, 0.1) is 0 Å². The molecule has 0 aromatic carbocycles. The second kappa shape index (κ2) is 65.8. The van der Waals surface area contributed by atoms with Gasteiger partial charge in [-0.05, 0) is 103 Å². The van der Waals surface area contributed by atoms with E-state index in [0.29, 0.717) is 19.3 Å². The molecule has 0 heterocycles. The zero-order chi connectivity index (χ0) is 56.4. The van der Waals surface area contributed by atoms with Crippen LogP contribution < -0.4 is 0 Å². The molecule has 0 aromatic heterocycles. The van der Waals surface area contributed by atoms with Crippen molar-refractivity contribution in [2.75, 3.05) is 13.2 Å². The van der Waals surface area contributed by atoms with Gasteiger partial charge in [-0.2, -0.15) is 0 Å². The smallest absolute Gasteiger partial charge is 0.306 e. The van der Waals surface area contributed by atoms with Gasteiger partial charge in [0.15, 0.2) is 6.10 Å². The maximum atomic E-state index is 12.9. The van der Waals surface area contributed by atoms with Crippen LogP contribution in [0.3, 0.4) is 0 Å². The second-order valence-corrected chi connectivity index (χ2v) is 22.0. The highest BCUT2D eigenvalue weighted by molar-refractivity contribution is 5.71. The fourth-order valence-electron chi connectivity index (χ4n) is 9.36. The number of allylic oxidation sites excluding steroid dienone is 16. The van der Waals surface area contributed by atoms with E-state index in [1.165, 1.54) is 173 Å². The Kier molecular flexibility index (Phi) is 62.7. The lowest BCUT2D eigenvalue weighted by Gasteiger charge is -2.18. The average Bonchev–Trinajstić information content (AvgIpc) is 3.44. The molecule has 6 nitrogen and oxygen atoms in total. The standard InChI is InChI=1S/C72H124O6/c1-4-7-10-13-16-18-20-22-24-26-28-30-32-33-34-35-36-37-38-39-41-42-44-46-48-50-52-54-56-59-62-65-71(74)77-68-69(67-76-70(73)64-61-58-15-12-9-6-3)78-72(75)66-63-60-57-55-53-51-49-47-45-43-40-31-29-27-25-23-21-19-17-14-11-8-5-2/h7,10,16,18,22,24,27-30,33-34,36-37,39,41,69H,4-6,8-9,11-15,17,19-21,23,25-26,31-32,35,38,40,42-68H2,1-3H3/b10-7-,18-16-,24-22-,29-27-,30-28-,34-33-,37-36-,41-39-. The highest BCUT2D eigenvalue weighted by atomic mass is 16.6. The van der Waals surface area contributed by atoms with E-state index in [9.17, 15) is 14.4 Å². The van der Waals surface area contributed by atoms with Crippen LogP contribution in [0.15, 0.2) is 97.2 Å². The minimum Gasteiger partial charge on any atom is -0.462 e. The number of ether oxygens (including phenoxy) is 3. The zero-order valence-corrected chi connectivity index (χ0v) is 51.4. The fourth-order valence-corrected chi connectivity index (χ4v) is 9.36. The summed E-state index contributed by atoms with van der Waals surface area (Å²) >= 11 is 0. The Morgan fingerprint density at radius 2 is 0.500 bits per heavy atom. The Balaban J connectivity index is 4.09. The Labute approximate surface area is 483 Å². The van der Waals surface area contributed by atoms with Gasteiger partial charge in [0.1, 0.15) is 13.2 Å². The third-order valence-electron chi connectivity index (χ3n) is 14.3. The van der Waals surface area contributed by atoms with E-state index in [4.69, 9.17) is 14.2 Å². The van der Waals surface area contributed by atoms with Gasteiger partial charge in [-0.1, -0.05) is 298 Å². The van der Waals surface area contributed by atoms with Crippen LogP contribution in [0.5, 0.6) is 0 Å². The lowest BCUT2D eigenvalue weighted by atomic mass is 10.0. The number of esters is 3. The van der Waals surface area contributed by atoms with Crippen molar-refractivity contribution in [3.05, 3.63) is 97.2 Å². The fraction of sp³-hybridized carbons (Fsp3) is 0.736. The molecule has 0 saturated heterocycles. The van der Waals surface area contributed by atoms with Crippen molar-refractivity contribution in [1.29, 1.82) is 0 Å². The molecule has 0 bridgehead atoms. The van der Waals surface area contributed by atoms with Crippen LogP contribution in [0, 0.1) is 0 Å². The van der Waals surface area contributed by atoms with Gasteiger partial charge in [-0.3, -0.25) is 14.4 Å². The van der Waals surface area contributed by atoms with Gasteiger partial charge >= 0.3 is 17.9 Å². The first-order valence-electron chi connectivity index (χ1n) is 33.2. The van der Waals surface area contributed by atoms with E-state index in [0.717, 1.165) is 109 Å². The van der Waals surface area contributed by atoms with E-state index in [-0.39, 0.29) is 31.1 Å². The molecule has 1 atom stereocenters. The molecule has 0 amide bonds. The summed E-state index contributed by atoms with van der Waals surface area (Å²) in [5, 5.41) is 0. The van der Waals surface area contributed by atoms with Crippen molar-refractivity contribution in [2.24, 2.45) is 0 Å². The maximum absolute atomic E-state index is 12.9. The molecule has 0 aliphatic rings. The van der Waals surface area contributed by atoms with E-state index >= 15 is 0 Å². The lowest BCUT2D eigenvalue weighted by Crippen LogP contribution is -2.30. The Bertz CT molecular complexity index is 1530. The first-order chi connectivity index (χ1) is 38.5. The summed E-state index contributed by atoms with van der Waals surface area (Å²) in [5.41, 5.74) is 0. The molecule has 1 unspecified atom stereocenters. The summed E-state index contributed by atoms with van der Waals surface area (Å²) in [5.74, 6) is -0.884. The van der Waals surface area contributed by atoms with Gasteiger partial charge in [0.2, 0.25) is 0 Å². The van der Waals surface area contributed by atoms with Crippen molar-refractivity contribution in [2.45, 2.75) is 329 Å². The molecule has 0 fully saturated rings. The van der Waals surface area contributed by atoms with Crippen LogP contribution >= 0.6 is 0 Å². The van der Waals surface area contributed by atoms with E-state index in [1.54, 1.807) is 0 Å². The van der Waals surface area contributed by atoms with Gasteiger partial charge in [-0.25, -0.2) is 0 Å². The van der Waals surface area contributed by atoms with Crippen molar-refractivity contribution in [3.63, 3.8) is 0 Å². The van der Waals surface area contributed by atoms with E-state index < -0.39 is 6.10 Å². The van der Waals surface area contributed by atoms with E-state index in [1.807, 2.05) is 0 Å². The van der Waals surface area contributed by atoms with Crippen LogP contribution in [-0.4, -0.2) is 37.2 Å². The van der Waals surface area contributed by atoms with Crippen LogP contribution in [0.1, 0.15) is 323 Å². The Morgan fingerprint density at radius 3 is 0.795 bits per heavy atom. The van der Waals surface area contributed by atoms with Crippen LogP contribution in [0.2, 0.25) is 0 Å². The summed E-state index contributed by atoms with van der Waals surface area (Å²) in [6.45, 7) is 6.49. The summed E-state index contributed by atoms with van der Waals surface area (Å²) in [6, 6.07) is 0. The molecular weight excluding hydrogens is 961 g/mol. The van der Waals surface area contributed by atoms with Gasteiger partial charge in [0.25, 0.3) is 0 Å². The first-order valence-corrected chi connectivity index (χ1v) is 33.2. The topological polar surface area (TPSA) is 78.9 Å². The molecule has 0 saturated carbocycles. The third-order valence-corrected chi connectivity index (χ3v) is 14.3. The van der Waals surface area contributed by atoms with E-state index in [2.05, 4.69) is 118 Å². The summed E-state index contributed by atoms with van der Waals surface area (Å²) < 4.78 is 16.8. The number of carbonyl (C=O) groups excluding carboxylic acids is 3. The molecule has 78 heavy (non-hydrogen) atoms. The summed E-state index contributed by atoms with van der Waals surface area (Å²) in [6.07, 6.45) is 88.9. The molecule has 0 spiro atoms. The number of hydrogen-bond donors (Lipinski definition) is 0. The molecule has 6 heteroatoms. The summed E-state index contributed by atoms with van der Waals surface area (Å²) in [7, 11) is 0. The third kappa shape index (κ3) is 63.2. The monoisotopic (exact) mass is 1080 g/mol. The van der Waals surface area contributed by atoms with Crippen molar-refractivity contribution >= 4 is 17.9 Å². The number of hydrogen-bond acceptors (Lipinski definition) is 6. The molecule has 0 radical (unpaired) electrons. The Hall–Kier alpha value is -3.67. The Morgan fingerprint density at radius 1 is 0.269 bits per heavy atom. The predicted octanol–water partition coefficient (Wildman–Crippen LogP) is 22.8. The molecular formula is C72H124O6. The number of rotatable bonds is 60. The predicted molar refractivity (Wildman–Crippen MR) is 339 cm³/mol. The minimum atomic E-state index is -0.777. The SMILES string of the molecule is CC/C=C\C/C=C\C/C=C\C/C=C\C/C=C\C/C=C\C/C=C\CCCCCCCCCCCC(=O)OCC(COC(=O)CCCCCCCC)OC(=O)CCCCCCCCCCCCC/C=C\CCCCCCCCCC. The summed E-state index contributed by atoms with van der Waals surface area (Å²) in [4.78, 5) is 38.1. The van der Waals surface area contributed by atoms with Crippen molar-refractivity contribution < 1.29 is 28.6 Å². The largest absolute Gasteiger partial charge is 0.462 e. The maximum Gasteiger partial charge on any atom is 0.306 e. The van der Waals surface area contributed by atoms with Gasteiger partial charge in [-0.15, -0.1) is 0 Å². The average molecular weight is 1090 g/mol. The first kappa shape index (κ1) is 74.3. The van der Waals surface area contributed by atoms with Crippen LogP contribution in [-0.2, 0) is 28.6 Å². The lowest BCUT2D eigenvalue weighted by molar-refractivity contribution is -0.167. The zero-order valence-electron chi connectivity index (χ0n) is 51.4. The van der Waals surface area contributed by atoms with Crippen LogP contribution in [0.4, 0.5) is 0 Å². The highest BCUT2D eigenvalue weighted by Crippen LogP contribution is 2.16. The van der Waals surface area contributed by atoms with Gasteiger partial charge < -0.3 is 14.2 Å². The molecule has 0 N–H and O–H groups in total. The van der Waals surface area contributed by atoms with Gasteiger partial charge in [0, 0.05) is 19.3 Å². The highest BCUT2D eigenvalue weighted by Gasteiger charge is 2.19. The van der Waals surface area contributed by atoms with Crippen LogP contribution in [0.25, 0.3) is 0 Å². The molecule has 0 aliphatic heterocycles. The molecule has 0 rings (SSSR count). The van der Waals surface area contributed by atoms with Crippen molar-refractivity contribution in [1.82, 2.24) is 0 Å². The molecule has 0 aromatic rings. The minimum absolute atomic E-state index is 0.0775. The number of unbranched alkanes of at least 4 members (excludes halogenated alkanes) is 33. The number of carbonyl (C=O) groups is 3. The quantitative estimate of drug-likeness (QED) is 0.0261. The molecule has 0 aliphatic carbocycles. The molecule has 448 valence electrons. The second-order valence-electron chi connectivity index (χ2n) is 22.0. The van der Waals surface area contributed by atoms with Crippen molar-refractivity contribution in [3.8, 4) is 0 Å².